The van der Waals surface area contributed by atoms with Gasteiger partial charge < -0.3 is 11.1 Å². The average Bonchev–Trinajstić information content (AvgIpc) is 3.00. The first-order valence-electron chi connectivity index (χ1n) is 9.22. The molecule has 6 nitrogen and oxygen atoms in total. The fourth-order valence-electron chi connectivity index (χ4n) is 3.86. The van der Waals surface area contributed by atoms with E-state index >= 15 is 0 Å². The van der Waals surface area contributed by atoms with E-state index in [1.165, 1.54) is 0 Å². The summed E-state index contributed by atoms with van der Waals surface area (Å²) < 4.78 is 0. The van der Waals surface area contributed by atoms with Crippen molar-refractivity contribution in [3.63, 3.8) is 0 Å². The van der Waals surface area contributed by atoms with Crippen molar-refractivity contribution in [1.29, 1.82) is 0 Å². The summed E-state index contributed by atoms with van der Waals surface area (Å²) in [5, 5.41) is 3.95. The molecule has 1 saturated heterocycles. The van der Waals surface area contributed by atoms with Crippen molar-refractivity contribution in [2.75, 3.05) is 11.9 Å². The van der Waals surface area contributed by atoms with Crippen LogP contribution in [0, 0.1) is 5.92 Å². The van der Waals surface area contributed by atoms with E-state index in [0.717, 1.165) is 23.7 Å². The fraction of sp³-hybridized carbons (Fsp3) is 0.450. The first-order chi connectivity index (χ1) is 12.5. The number of nitrogens with zero attached hydrogens (tertiary/aromatic N) is 2. The van der Waals surface area contributed by atoms with E-state index < -0.39 is 0 Å². The molecular weight excluding hydrogens is 328 g/mol. The number of carbonyl (C=O) groups is 2. The van der Waals surface area contributed by atoms with Crippen LogP contribution in [0.3, 0.4) is 0 Å². The van der Waals surface area contributed by atoms with Crippen molar-refractivity contribution >= 4 is 28.4 Å². The van der Waals surface area contributed by atoms with Crippen LogP contribution < -0.4 is 11.1 Å². The second-order valence-electron chi connectivity index (χ2n) is 7.06. The zero-order valence-electron chi connectivity index (χ0n) is 15.3. The van der Waals surface area contributed by atoms with Gasteiger partial charge in [0.1, 0.15) is 0 Å². The number of nitrogens with one attached hydrogen (secondary N) is 1. The van der Waals surface area contributed by atoms with Gasteiger partial charge in [-0.15, -0.1) is 0 Å². The number of pyridine rings is 1. The molecule has 1 aromatic heterocycles. The van der Waals surface area contributed by atoms with Gasteiger partial charge in [-0.3, -0.25) is 19.5 Å². The number of hydrogen-bond donors (Lipinski definition) is 2. The highest BCUT2D eigenvalue weighted by Gasteiger charge is 2.41. The molecule has 0 spiro atoms. The standard InChI is InChI=1S/C20H26N4O2/c1-3-6-17(24-10-9-13(2)18(24)19(21)25)20(26)23-15-11-14-7-4-5-8-16(14)22-12-15/h4-5,7-8,11-13,17-18H,3,6,9-10H2,1-2H3,(H2,21,25)(H,23,26). The Kier molecular flexibility index (Phi) is 5.52. The van der Waals surface area contributed by atoms with E-state index in [9.17, 15) is 9.59 Å². The minimum absolute atomic E-state index is 0.107. The van der Waals surface area contributed by atoms with Gasteiger partial charge in [0, 0.05) is 11.9 Å². The average molecular weight is 354 g/mol. The molecule has 1 aromatic carbocycles. The fourth-order valence-corrected chi connectivity index (χ4v) is 3.86. The molecule has 2 heterocycles. The third-order valence-electron chi connectivity index (χ3n) is 5.15. The summed E-state index contributed by atoms with van der Waals surface area (Å²) in [4.78, 5) is 31.2. The smallest absolute Gasteiger partial charge is 0.241 e. The number of fused-ring (bicyclic) bond motifs is 1. The summed E-state index contributed by atoms with van der Waals surface area (Å²) in [6.45, 7) is 4.77. The number of amides is 2. The van der Waals surface area contributed by atoms with Crippen molar-refractivity contribution in [3.05, 3.63) is 36.5 Å². The lowest BCUT2D eigenvalue weighted by molar-refractivity contribution is -0.127. The number of hydrogen-bond acceptors (Lipinski definition) is 4. The normalized spacial score (nSPS) is 21.6. The molecule has 0 aliphatic carbocycles. The van der Waals surface area contributed by atoms with Crippen molar-refractivity contribution < 1.29 is 9.59 Å². The summed E-state index contributed by atoms with van der Waals surface area (Å²) in [6.07, 6.45) is 4.08. The zero-order chi connectivity index (χ0) is 18.7. The van der Waals surface area contributed by atoms with Crippen LogP contribution in [0.1, 0.15) is 33.1 Å². The largest absolute Gasteiger partial charge is 0.368 e. The number of anilines is 1. The number of primary amides is 1. The van der Waals surface area contributed by atoms with Gasteiger partial charge in [-0.05, 0) is 30.9 Å². The Hall–Kier alpha value is -2.47. The molecule has 0 saturated carbocycles. The Morgan fingerprint density at radius 2 is 2.15 bits per heavy atom. The predicted octanol–water partition coefficient (Wildman–Crippen LogP) is 2.54. The molecule has 138 valence electrons. The zero-order valence-corrected chi connectivity index (χ0v) is 15.3. The number of carbonyl (C=O) groups excluding carboxylic acids is 2. The van der Waals surface area contributed by atoms with Crippen LogP contribution in [0.5, 0.6) is 0 Å². The molecule has 3 rings (SSSR count). The minimum Gasteiger partial charge on any atom is -0.368 e. The molecule has 0 bridgehead atoms. The van der Waals surface area contributed by atoms with Crippen LogP contribution >= 0.6 is 0 Å². The minimum atomic E-state index is -0.382. The first-order valence-corrected chi connectivity index (χ1v) is 9.22. The molecule has 1 fully saturated rings. The summed E-state index contributed by atoms with van der Waals surface area (Å²) in [5.41, 5.74) is 7.16. The van der Waals surface area contributed by atoms with Gasteiger partial charge in [-0.2, -0.15) is 0 Å². The molecule has 3 unspecified atom stereocenters. The molecule has 3 atom stereocenters. The van der Waals surface area contributed by atoms with Crippen LogP contribution in [0.2, 0.25) is 0 Å². The maximum absolute atomic E-state index is 13.0. The predicted molar refractivity (Wildman–Crippen MR) is 103 cm³/mol. The Bertz CT molecular complexity index is 807. The highest BCUT2D eigenvalue weighted by Crippen LogP contribution is 2.28. The van der Waals surface area contributed by atoms with Gasteiger partial charge in [0.05, 0.1) is 29.5 Å². The summed E-state index contributed by atoms with van der Waals surface area (Å²) in [6, 6.07) is 8.95. The van der Waals surface area contributed by atoms with Crippen molar-refractivity contribution in [1.82, 2.24) is 9.88 Å². The molecule has 2 amide bonds. The monoisotopic (exact) mass is 354 g/mol. The topological polar surface area (TPSA) is 88.3 Å². The molecular formula is C20H26N4O2. The number of likely N-dealkylation sites (tertiary alicyclic amines) is 1. The lowest BCUT2D eigenvalue weighted by Gasteiger charge is -2.31. The van der Waals surface area contributed by atoms with Crippen molar-refractivity contribution in [2.24, 2.45) is 11.7 Å². The highest BCUT2D eigenvalue weighted by molar-refractivity contribution is 5.97. The van der Waals surface area contributed by atoms with Gasteiger partial charge in [0.25, 0.3) is 0 Å². The van der Waals surface area contributed by atoms with E-state index in [4.69, 9.17) is 5.73 Å². The summed E-state index contributed by atoms with van der Waals surface area (Å²) in [7, 11) is 0. The van der Waals surface area contributed by atoms with Crippen LogP contribution in [0.25, 0.3) is 10.9 Å². The van der Waals surface area contributed by atoms with Crippen LogP contribution in [-0.2, 0) is 9.59 Å². The maximum atomic E-state index is 13.0. The van der Waals surface area contributed by atoms with Crippen LogP contribution in [-0.4, -0.2) is 40.3 Å². The summed E-state index contributed by atoms with van der Waals surface area (Å²) >= 11 is 0. The first kappa shape index (κ1) is 18.3. The third kappa shape index (κ3) is 3.70. The van der Waals surface area contributed by atoms with Crippen LogP contribution in [0.4, 0.5) is 5.69 Å². The van der Waals surface area contributed by atoms with Crippen molar-refractivity contribution in [3.8, 4) is 0 Å². The molecule has 0 radical (unpaired) electrons. The number of nitrogens with two attached hydrogens (primary N) is 1. The lowest BCUT2D eigenvalue weighted by Crippen LogP contribution is -2.52. The van der Waals surface area contributed by atoms with Gasteiger partial charge in [0.15, 0.2) is 0 Å². The number of para-hydroxylation sites is 1. The molecule has 2 aromatic rings. The molecule has 3 N–H and O–H groups in total. The Morgan fingerprint density at radius 1 is 1.38 bits per heavy atom. The van der Waals surface area contributed by atoms with Gasteiger partial charge in [0.2, 0.25) is 11.8 Å². The molecule has 1 aliphatic heterocycles. The van der Waals surface area contributed by atoms with Gasteiger partial charge >= 0.3 is 0 Å². The van der Waals surface area contributed by atoms with E-state index in [1.54, 1.807) is 6.20 Å². The summed E-state index contributed by atoms with van der Waals surface area (Å²) in [5.74, 6) is -0.289. The second-order valence-corrected chi connectivity index (χ2v) is 7.06. The Morgan fingerprint density at radius 3 is 2.88 bits per heavy atom. The van der Waals surface area contributed by atoms with E-state index in [0.29, 0.717) is 18.7 Å². The number of benzene rings is 1. The maximum Gasteiger partial charge on any atom is 0.241 e. The van der Waals surface area contributed by atoms with Gasteiger partial charge in [-0.1, -0.05) is 38.5 Å². The highest BCUT2D eigenvalue weighted by atomic mass is 16.2. The molecule has 6 heteroatoms. The Labute approximate surface area is 153 Å². The third-order valence-corrected chi connectivity index (χ3v) is 5.15. The second kappa shape index (κ2) is 7.83. The van der Waals surface area contributed by atoms with Crippen LogP contribution in [0.15, 0.2) is 36.5 Å². The van der Waals surface area contributed by atoms with E-state index in [-0.39, 0.29) is 29.8 Å². The number of rotatable bonds is 6. The van der Waals surface area contributed by atoms with E-state index in [1.807, 2.05) is 49.1 Å². The van der Waals surface area contributed by atoms with Gasteiger partial charge in [-0.25, -0.2) is 0 Å². The van der Waals surface area contributed by atoms with E-state index in [2.05, 4.69) is 10.3 Å². The van der Waals surface area contributed by atoms with Crippen molar-refractivity contribution in [2.45, 2.75) is 45.2 Å². The Balaban J connectivity index is 1.80. The SMILES string of the molecule is CCCC(C(=O)Nc1cnc2ccccc2c1)N1CCC(C)C1C(N)=O. The lowest BCUT2D eigenvalue weighted by atomic mass is 10.0. The molecule has 26 heavy (non-hydrogen) atoms. The quantitative estimate of drug-likeness (QED) is 0.834. The molecule has 1 aliphatic rings. The number of aromatic nitrogens is 1.